The van der Waals surface area contributed by atoms with Crippen LogP contribution in [0.5, 0.6) is 0 Å². The van der Waals surface area contributed by atoms with Crippen molar-refractivity contribution < 1.29 is 0 Å². The Kier molecular flexibility index (Phi) is 2.12. The van der Waals surface area contributed by atoms with Crippen LogP contribution < -0.4 is 0 Å². The average Bonchev–Trinajstić information content (AvgIpc) is 2.41. The first-order valence-corrected chi connectivity index (χ1v) is 5.79. The average molecular weight is 288 g/mol. The molecule has 0 saturated heterocycles. The highest BCUT2D eigenvalue weighted by atomic mass is 127. The van der Waals surface area contributed by atoms with Gasteiger partial charge in [0.1, 0.15) is 0 Å². The van der Waals surface area contributed by atoms with Gasteiger partial charge in [-0.15, -0.1) is 11.3 Å². The van der Waals surface area contributed by atoms with E-state index in [0.29, 0.717) is 0 Å². The van der Waals surface area contributed by atoms with Crippen molar-refractivity contribution in [1.29, 1.82) is 0 Å². The molecule has 2 rings (SSSR count). The molecule has 0 radical (unpaired) electrons. The van der Waals surface area contributed by atoms with E-state index in [1.165, 1.54) is 24.8 Å². The van der Waals surface area contributed by atoms with Gasteiger partial charge in [-0.25, -0.2) is 0 Å². The van der Waals surface area contributed by atoms with Gasteiger partial charge in [0, 0.05) is 8.27 Å². The molecule has 0 aliphatic heterocycles. The number of fused-ring (bicyclic) bond motifs is 1. The van der Waals surface area contributed by atoms with E-state index in [4.69, 9.17) is 0 Å². The molecule has 1 aromatic carbocycles. The largest absolute Gasteiger partial charge is 0.143 e. The first-order valence-electron chi connectivity index (χ1n) is 3.83. The molecule has 0 bridgehead atoms. The van der Waals surface area contributed by atoms with Crippen molar-refractivity contribution in [1.82, 2.24) is 0 Å². The fourth-order valence-corrected chi connectivity index (χ4v) is 3.04. The van der Waals surface area contributed by atoms with Crippen molar-refractivity contribution in [3.8, 4) is 0 Å². The number of benzene rings is 1. The van der Waals surface area contributed by atoms with E-state index in [1.807, 2.05) is 11.3 Å². The van der Waals surface area contributed by atoms with Crippen molar-refractivity contribution in [2.24, 2.45) is 0 Å². The summed E-state index contributed by atoms with van der Waals surface area (Å²) in [6.07, 6.45) is 0. The van der Waals surface area contributed by atoms with Gasteiger partial charge in [0.25, 0.3) is 0 Å². The Balaban J connectivity index is 2.93. The van der Waals surface area contributed by atoms with Crippen LogP contribution in [0.4, 0.5) is 0 Å². The maximum atomic E-state index is 2.39. The van der Waals surface area contributed by atoms with Gasteiger partial charge in [0.05, 0.1) is 0 Å². The minimum atomic E-state index is 1.36. The Bertz CT molecular complexity index is 429. The van der Waals surface area contributed by atoms with Crippen LogP contribution in [0.1, 0.15) is 11.1 Å². The molecular formula is C10H9IS. The summed E-state index contributed by atoms with van der Waals surface area (Å²) < 4.78 is 2.81. The van der Waals surface area contributed by atoms with Gasteiger partial charge in [-0.3, -0.25) is 0 Å². The number of aryl methyl sites for hydroxylation is 2. The molecule has 0 nitrogen and oxygen atoms in total. The van der Waals surface area contributed by atoms with Gasteiger partial charge in [-0.2, -0.15) is 0 Å². The van der Waals surface area contributed by atoms with Crippen LogP contribution in [0.15, 0.2) is 17.5 Å². The Labute approximate surface area is 89.7 Å². The lowest BCUT2D eigenvalue weighted by Crippen LogP contribution is -1.78. The van der Waals surface area contributed by atoms with Crippen LogP contribution in [0.25, 0.3) is 10.1 Å². The Morgan fingerprint density at radius 2 is 2.00 bits per heavy atom. The summed E-state index contributed by atoms with van der Waals surface area (Å²) >= 11 is 4.24. The zero-order valence-electron chi connectivity index (χ0n) is 7.02. The molecule has 1 heterocycles. The second-order valence-electron chi connectivity index (χ2n) is 2.97. The quantitative estimate of drug-likeness (QED) is 0.640. The lowest BCUT2D eigenvalue weighted by Gasteiger charge is -1.99. The number of hydrogen-bond donors (Lipinski definition) is 0. The fourth-order valence-electron chi connectivity index (χ4n) is 1.34. The van der Waals surface area contributed by atoms with Crippen LogP contribution in [0.3, 0.4) is 0 Å². The number of halogens is 1. The topological polar surface area (TPSA) is 0 Å². The first-order chi connectivity index (χ1) is 5.70. The van der Waals surface area contributed by atoms with Crippen LogP contribution in [-0.4, -0.2) is 0 Å². The monoisotopic (exact) mass is 288 g/mol. The van der Waals surface area contributed by atoms with Crippen molar-refractivity contribution in [3.05, 3.63) is 32.2 Å². The summed E-state index contributed by atoms with van der Waals surface area (Å²) in [5.74, 6) is 0. The second-order valence-corrected chi connectivity index (χ2v) is 5.01. The third-order valence-corrected chi connectivity index (χ3v) is 4.52. The number of rotatable bonds is 0. The molecule has 0 amide bonds. The summed E-state index contributed by atoms with van der Waals surface area (Å²) in [5, 5.41) is 3.64. The molecule has 0 aliphatic rings. The molecule has 1 aromatic heterocycles. The molecule has 0 spiro atoms. The van der Waals surface area contributed by atoms with E-state index in [-0.39, 0.29) is 0 Å². The smallest absolute Gasteiger partial charge is 0.0385 e. The first kappa shape index (κ1) is 8.51. The number of hydrogen-bond acceptors (Lipinski definition) is 1. The lowest BCUT2D eigenvalue weighted by atomic mass is 10.1. The molecular weight excluding hydrogens is 279 g/mol. The normalized spacial score (nSPS) is 10.9. The molecule has 0 fully saturated rings. The summed E-state index contributed by atoms with van der Waals surface area (Å²) in [6.45, 7) is 4.37. The van der Waals surface area contributed by atoms with Crippen LogP contribution >= 0.6 is 33.9 Å². The molecule has 0 aliphatic carbocycles. The molecule has 2 heteroatoms. The van der Waals surface area contributed by atoms with Crippen LogP contribution in [-0.2, 0) is 0 Å². The third-order valence-electron chi connectivity index (χ3n) is 2.12. The zero-order chi connectivity index (χ0) is 8.72. The summed E-state index contributed by atoms with van der Waals surface area (Å²) in [7, 11) is 0. The molecule has 0 saturated carbocycles. The van der Waals surface area contributed by atoms with E-state index in [1.54, 1.807) is 0 Å². The van der Waals surface area contributed by atoms with Crippen molar-refractivity contribution >= 4 is 44.0 Å². The highest BCUT2D eigenvalue weighted by molar-refractivity contribution is 14.1. The minimum Gasteiger partial charge on any atom is -0.143 e. The molecule has 62 valence electrons. The molecule has 0 atom stereocenters. The molecule has 0 N–H and O–H groups in total. The predicted molar refractivity (Wildman–Crippen MR) is 64.0 cm³/mol. The van der Waals surface area contributed by atoms with Crippen molar-refractivity contribution in [2.45, 2.75) is 13.8 Å². The fraction of sp³-hybridized carbons (Fsp3) is 0.200. The molecule has 12 heavy (non-hydrogen) atoms. The van der Waals surface area contributed by atoms with Gasteiger partial charge in [-0.05, 0) is 64.4 Å². The van der Waals surface area contributed by atoms with Gasteiger partial charge in [0.2, 0.25) is 0 Å². The third kappa shape index (κ3) is 1.17. The van der Waals surface area contributed by atoms with Crippen molar-refractivity contribution in [3.63, 3.8) is 0 Å². The zero-order valence-corrected chi connectivity index (χ0v) is 9.99. The SMILES string of the molecule is Cc1csc2c(C)c(I)ccc12. The summed E-state index contributed by atoms with van der Waals surface area (Å²) in [5.41, 5.74) is 2.82. The minimum absolute atomic E-state index is 1.36. The standard InChI is InChI=1S/C10H9IS/c1-6-5-12-10-7(2)9(11)4-3-8(6)10/h3-5H,1-2H3. The highest BCUT2D eigenvalue weighted by Gasteiger charge is 2.04. The van der Waals surface area contributed by atoms with E-state index >= 15 is 0 Å². The van der Waals surface area contributed by atoms with E-state index in [2.05, 4.69) is 54.0 Å². The second kappa shape index (κ2) is 3.00. The Hall–Kier alpha value is -0.0900. The Morgan fingerprint density at radius 3 is 2.75 bits per heavy atom. The van der Waals surface area contributed by atoms with E-state index < -0.39 is 0 Å². The van der Waals surface area contributed by atoms with E-state index in [0.717, 1.165) is 0 Å². The lowest BCUT2D eigenvalue weighted by molar-refractivity contribution is 1.49. The van der Waals surface area contributed by atoms with Gasteiger partial charge in [-0.1, -0.05) is 6.07 Å². The highest BCUT2D eigenvalue weighted by Crippen LogP contribution is 2.30. The maximum Gasteiger partial charge on any atom is 0.0385 e. The maximum absolute atomic E-state index is 2.39. The molecule has 0 unspecified atom stereocenters. The molecule has 2 aromatic rings. The van der Waals surface area contributed by atoms with E-state index in [9.17, 15) is 0 Å². The van der Waals surface area contributed by atoms with Gasteiger partial charge in [0.15, 0.2) is 0 Å². The summed E-state index contributed by atoms with van der Waals surface area (Å²) in [6, 6.07) is 4.41. The van der Waals surface area contributed by atoms with Crippen molar-refractivity contribution in [2.75, 3.05) is 0 Å². The predicted octanol–water partition coefficient (Wildman–Crippen LogP) is 4.12. The van der Waals surface area contributed by atoms with Crippen LogP contribution in [0.2, 0.25) is 0 Å². The van der Waals surface area contributed by atoms with Gasteiger partial charge >= 0.3 is 0 Å². The van der Waals surface area contributed by atoms with Gasteiger partial charge < -0.3 is 0 Å². The number of thiophene rings is 1. The van der Waals surface area contributed by atoms with Crippen LogP contribution in [0, 0.1) is 17.4 Å². The summed E-state index contributed by atoms with van der Waals surface area (Å²) in [4.78, 5) is 0. The Morgan fingerprint density at radius 1 is 1.25 bits per heavy atom.